The number of rotatable bonds is 8. The largest absolute Gasteiger partial charge is 0.326 e. The Kier molecular flexibility index (Phi) is 5.49. The first-order chi connectivity index (χ1) is 10.1. The molecule has 6 nitrogen and oxygen atoms in total. The second kappa shape index (κ2) is 7.35. The minimum absolute atomic E-state index is 0.0252. The average Bonchev–Trinajstić information content (AvgIpc) is 2.96. The Morgan fingerprint density at radius 1 is 1.24 bits per heavy atom. The highest BCUT2D eigenvalue weighted by Gasteiger charge is 2.11. The van der Waals surface area contributed by atoms with Crippen LogP contribution >= 0.6 is 0 Å². The van der Waals surface area contributed by atoms with Crippen LogP contribution in [0.15, 0.2) is 42.7 Å². The summed E-state index contributed by atoms with van der Waals surface area (Å²) in [5, 5.41) is 4.06. The van der Waals surface area contributed by atoms with E-state index in [1.54, 1.807) is 16.9 Å². The first-order valence-electron chi connectivity index (χ1n) is 6.82. The fraction of sp³-hybridized carbons (Fsp3) is 0.357. The van der Waals surface area contributed by atoms with E-state index in [9.17, 15) is 8.42 Å². The molecule has 3 N–H and O–H groups in total. The van der Waals surface area contributed by atoms with Crippen molar-refractivity contribution in [3.63, 3.8) is 0 Å². The van der Waals surface area contributed by atoms with E-state index >= 15 is 0 Å². The van der Waals surface area contributed by atoms with Crippen LogP contribution in [0.3, 0.4) is 0 Å². The van der Waals surface area contributed by atoms with Crippen LogP contribution in [-0.4, -0.2) is 24.7 Å². The van der Waals surface area contributed by atoms with E-state index in [4.69, 9.17) is 5.73 Å². The number of nitrogens with one attached hydrogen (secondary N) is 1. The van der Waals surface area contributed by atoms with E-state index in [1.165, 1.54) is 0 Å². The van der Waals surface area contributed by atoms with Crippen molar-refractivity contribution >= 4 is 10.0 Å². The van der Waals surface area contributed by atoms with E-state index in [2.05, 4.69) is 9.82 Å². The quantitative estimate of drug-likeness (QED) is 0.708. The van der Waals surface area contributed by atoms with Gasteiger partial charge in [-0.1, -0.05) is 24.3 Å². The monoisotopic (exact) mass is 308 g/mol. The second-order valence-electron chi connectivity index (χ2n) is 4.80. The summed E-state index contributed by atoms with van der Waals surface area (Å²) < 4.78 is 28.4. The molecule has 114 valence electrons. The third-order valence-corrected chi connectivity index (χ3v) is 4.39. The molecular formula is C14H20N4O2S. The molecule has 0 radical (unpaired) electrons. The third kappa shape index (κ3) is 5.30. The third-order valence-electron chi connectivity index (χ3n) is 3.03. The molecular weight excluding hydrogens is 288 g/mol. The molecule has 0 saturated heterocycles. The summed E-state index contributed by atoms with van der Waals surface area (Å²) in [6, 6.07) is 9.16. The summed E-state index contributed by atoms with van der Waals surface area (Å²) in [5.41, 5.74) is 7.23. The first kappa shape index (κ1) is 15.7. The van der Waals surface area contributed by atoms with Crippen LogP contribution in [0, 0.1) is 0 Å². The van der Waals surface area contributed by atoms with Gasteiger partial charge in [-0.15, -0.1) is 0 Å². The van der Waals surface area contributed by atoms with Crippen molar-refractivity contribution in [3.8, 4) is 0 Å². The number of aromatic nitrogens is 2. The fourth-order valence-electron chi connectivity index (χ4n) is 2.02. The Bertz CT molecular complexity index is 653. The normalized spacial score (nSPS) is 11.7. The van der Waals surface area contributed by atoms with Gasteiger partial charge in [0.2, 0.25) is 10.0 Å². The van der Waals surface area contributed by atoms with Gasteiger partial charge in [-0.05, 0) is 23.6 Å². The molecule has 2 rings (SSSR count). The van der Waals surface area contributed by atoms with E-state index in [0.29, 0.717) is 26.1 Å². The molecule has 0 spiro atoms. The number of nitrogens with two attached hydrogens (primary N) is 1. The van der Waals surface area contributed by atoms with Gasteiger partial charge in [0, 0.05) is 32.0 Å². The Balaban J connectivity index is 1.81. The predicted molar refractivity (Wildman–Crippen MR) is 81.8 cm³/mol. The summed E-state index contributed by atoms with van der Waals surface area (Å²) in [7, 11) is -3.32. The molecule has 0 aliphatic carbocycles. The van der Waals surface area contributed by atoms with Gasteiger partial charge in [0.15, 0.2) is 0 Å². The molecule has 0 aliphatic heterocycles. The molecule has 21 heavy (non-hydrogen) atoms. The molecule has 0 amide bonds. The van der Waals surface area contributed by atoms with Gasteiger partial charge in [0.05, 0.1) is 5.75 Å². The van der Waals surface area contributed by atoms with Crippen LogP contribution in [0.2, 0.25) is 0 Å². The highest BCUT2D eigenvalue weighted by atomic mass is 32.2. The van der Waals surface area contributed by atoms with Crippen molar-refractivity contribution in [2.45, 2.75) is 25.3 Å². The van der Waals surface area contributed by atoms with E-state index in [0.717, 1.165) is 11.1 Å². The molecule has 0 fully saturated rings. The van der Waals surface area contributed by atoms with Gasteiger partial charge in [-0.25, -0.2) is 13.1 Å². The van der Waals surface area contributed by atoms with Crippen LogP contribution in [0.4, 0.5) is 0 Å². The topological polar surface area (TPSA) is 90.0 Å². The highest BCUT2D eigenvalue weighted by Crippen LogP contribution is 2.08. The van der Waals surface area contributed by atoms with Gasteiger partial charge < -0.3 is 5.73 Å². The molecule has 0 aliphatic rings. The van der Waals surface area contributed by atoms with Crippen molar-refractivity contribution in [1.82, 2.24) is 14.5 Å². The van der Waals surface area contributed by atoms with Gasteiger partial charge in [0.1, 0.15) is 0 Å². The number of sulfonamides is 1. The minimum Gasteiger partial charge on any atom is -0.326 e. The zero-order chi connectivity index (χ0) is 15.1. The molecule has 0 unspecified atom stereocenters. The van der Waals surface area contributed by atoms with Crippen molar-refractivity contribution in [1.29, 1.82) is 0 Å². The molecule has 2 aromatic rings. The van der Waals surface area contributed by atoms with Crippen molar-refractivity contribution in [2.24, 2.45) is 5.73 Å². The predicted octanol–water partition coefficient (Wildman–Crippen LogP) is 0.851. The SMILES string of the molecule is NCc1cccc(CS(=O)(=O)NCCCn2cccn2)c1. The summed E-state index contributed by atoms with van der Waals surface area (Å²) in [5.74, 6) is -0.0252. The maximum absolute atomic E-state index is 12.0. The van der Waals surface area contributed by atoms with Gasteiger partial charge in [0.25, 0.3) is 0 Å². The number of nitrogens with zero attached hydrogens (tertiary/aromatic N) is 2. The molecule has 0 saturated carbocycles. The Labute approximate surface area is 125 Å². The minimum atomic E-state index is -3.32. The lowest BCUT2D eigenvalue weighted by Gasteiger charge is -2.08. The maximum Gasteiger partial charge on any atom is 0.215 e. The number of aryl methyl sites for hydroxylation is 1. The van der Waals surface area contributed by atoms with Crippen LogP contribution < -0.4 is 10.5 Å². The molecule has 0 atom stereocenters. The molecule has 0 bridgehead atoms. The number of benzene rings is 1. The zero-order valence-electron chi connectivity index (χ0n) is 11.8. The van der Waals surface area contributed by atoms with Gasteiger partial charge in [-0.3, -0.25) is 4.68 Å². The van der Waals surface area contributed by atoms with Crippen molar-refractivity contribution < 1.29 is 8.42 Å². The van der Waals surface area contributed by atoms with Crippen LogP contribution in [0.25, 0.3) is 0 Å². The number of hydrogen-bond acceptors (Lipinski definition) is 4. The molecule has 1 aromatic heterocycles. The maximum atomic E-state index is 12.0. The lowest BCUT2D eigenvalue weighted by Crippen LogP contribution is -2.27. The Hall–Kier alpha value is -1.70. The molecule has 7 heteroatoms. The zero-order valence-corrected chi connectivity index (χ0v) is 12.6. The molecule has 1 heterocycles. The summed E-state index contributed by atoms with van der Waals surface area (Å²) >= 11 is 0. The van der Waals surface area contributed by atoms with Crippen LogP contribution in [-0.2, 0) is 28.9 Å². The summed E-state index contributed by atoms with van der Waals surface area (Å²) in [6.07, 6.45) is 4.26. The van der Waals surface area contributed by atoms with Crippen molar-refractivity contribution in [2.75, 3.05) is 6.54 Å². The Morgan fingerprint density at radius 3 is 2.76 bits per heavy atom. The van der Waals surface area contributed by atoms with E-state index in [-0.39, 0.29) is 5.75 Å². The van der Waals surface area contributed by atoms with Crippen molar-refractivity contribution in [3.05, 3.63) is 53.9 Å². The smallest absolute Gasteiger partial charge is 0.215 e. The first-order valence-corrected chi connectivity index (χ1v) is 8.47. The Morgan fingerprint density at radius 2 is 2.05 bits per heavy atom. The van der Waals surface area contributed by atoms with E-state index < -0.39 is 10.0 Å². The number of hydrogen-bond donors (Lipinski definition) is 2. The van der Waals surface area contributed by atoms with Gasteiger partial charge >= 0.3 is 0 Å². The highest BCUT2D eigenvalue weighted by molar-refractivity contribution is 7.88. The average molecular weight is 308 g/mol. The lowest BCUT2D eigenvalue weighted by atomic mass is 10.1. The van der Waals surface area contributed by atoms with E-state index in [1.807, 2.05) is 30.5 Å². The van der Waals surface area contributed by atoms with Gasteiger partial charge in [-0.2, -0.15) is 5.10 Å². The van der Waals surface area contributed by atoms with Crippen LogP contribution in [0.1, 0.15) is 17.5 Å². The summed E-state index contributed by atoms with van der Waals surface area (Å²) in [4.78, 5) is 0. The molecule has 1 aromatic carbocycles. The standard InChI is InChI=1S/C14H20N4O2S/c15-11-13-4-1-5-14(10-13)12-21(19,20)17-7-3-9-18-8-2-6-16-18/h1-2,4-6,8,10,17H,3,7,9,11-12,15H2. The second-order valence-corrected chi connectivity index (χ2v) is 6.61. The lowest BCUT2D eigenvalue weighted by molar-refractivity contribution is 0.552. The van der Waals surface area contributed by atoms with Crippen LogP contribution in [0.5, 0.6) is 0 Å². The fourth-order valence-corrected chi connectivity index (χ4v) is 3.19. The summed E-state index contributed by atoms with van der Waals surface area (Å²) in [6.45, 7) is 1.50.